The van der Waals surface area contributed by atoms with Crippen LogP contribution in [0.3, 0.4) is 0 Å². The van der Waals surface area contributed by atoms with Gasteiger partial charge in [0, 0.05) is 24.3 Å². The molecule has 3 aromatic rings. The molecule has 7 heteroatoms. The van der Waals surface area contributed by atoms with E-state index in [-0.39, 0.29) is 11.9 Å². The number of anilines is 1. The Balaban J connectivity index is 1.44. The number of nitrogens with zero attached hydrogens (tertiary/aromatic N) is 3. The number of aromatic nitrogens is 2. The Labute approximate surface area is 176 Å². The van der Waals surface area contributed by atoms with Crippen LogP contribution in [-0.4, -0.2) is 41.3 Å². The number of amides is 2. The SMILES string of the molecule is COc1cccc(-c2noc(C3CCCN(C(=O)Nc4ccc(C)c(C)c4)C3)n2)c1. The fraction of sp³-hybridized carbons (Fsp3) is 0.348. The molecule has 2 aromatic carbocycles. The van der Waals surface area contributed by atoms with Gasteiger partial charge in [-0.05, 0) is 62.1 Å². The highest BCUT2D eigenvalue weighted by Crippen LogP contribution is 2.29. The van der Waals surface area contributed by atoms with Crippen molar-refractivity contribution in [3.63, 3.8) is 0 Å². The van der Waals surface area contributed by atoms with Crippen molar-refractivity contribution in [1.29, 1.82) is 0 Å². The summed E-state index contributed by atoms with van der Waals surface area (Å²) >= 11 is 0. The van der Waals surface area contributed by atoms with E-state index in [9.17, 15) is 4.79 Å². The maximum Gasteiger partial charge on any atom is 0.321 e. The Hall–Kier alpha value is -3.35. The zero-order valence-electron chi connectivity index (χ0n) is 17.5. The molecule has 0 aliphatic carbocycles. The van der Waals surface area contributed by atoms with Gasteiger partial charge in [-0.25, -0.2) is 4.79 Å². The van der Waals surface area contributed by atoms with Gasteiger partial charge in [-0.15, -0.1) is 0 Å². The lowest BCUT2D eigenvalue weighted by atomic mass is 9.98. The van der Waals surface area contributed by atoms with Crippen LogP contribution in [0.4, 0.5) is 10.5 Å². The predicted molar refractivity (Wildman–Crippen MR) is 115 cm³/mol. The number of carbonyl (C=O) groups excluding carboxylic acids is 1. The van der Waals surface area contributed by atoms with Crippen LogP contribution in [0.2, 0.25) is 0 Å². The van der Waals surface area contributed by atoms with Crippen molar-refractivity contribution in [3.8, 4) is 17.1 Å². The third-order valence-electron chi connectivity index (χ3n) is 5.59. The minimum Gasteiger partial charge on any atom is -0.497 e. The van der Waals surface area contributed by atoms with E-state index < -0.39 is 0 Å². The first-order valence-electron chi connectivity index (χ1n) is 10.1. The van der Waals surface area contributed by atoms with Crippen LogP contribution in [0.15, 0.2) is 47.0 Å². The van der Waals surface area contributed by atoms with Crippen LogP contribution in [0.25, 0.3) is 11.4 Å². The summed E-state index contributed by atoms with van der Waals surface area (Å²) in [6.07, 6.45) is 1.80. The number of rotatable bonds is 4. The number of piperidine rings is 1. The van der Waals surface area contributed by atoms with Gasteiger partial charge in [-0.2, -0.15) is 4.98 Å². The fourth-order valence-corrected chi connectivity index (χ4v) is 3.67. The highest BCUT2D eigenvalue weighted by atomic mass is 16.5. The Morgan fingerprint density at radius 2 is 2.07 bits per heavy atom. The smallest absolute Gasteiger partial charge is 0.321 e. The summed E-state index contributed by atoms with van der Waals surface area (Å²) in [6, 6.07) is 13.4. The lowest BCUT2D eigenvalue weighted by Gasteiger charge is -2.31. The number of ether oxygens (including phenoxy) is 1. The number of hydrogen-bond acceptors (Lipinski definition) is 5. The molecule has 1 aromatic heterocycles. The van der Waals surface area contributed by atoms with Crippen molar-refractivity contribution in [2.24, 2.45) is 0 Å². The maximum absolute atomic E-state index is 12.8. The standard InChI is InChI=1S/C23H26N4O3/c1-15-9-10-19(12-16(15)2)24-23(28)27-11-5-7-18(14-27)22-25-21(26-30-22)17-6-4-8-20(13-17)29-3/h4,6,8-10,12-13,18H,5,7,11,14H2,1-3H3,(H,24,28). The molecular formula is C23H26N4O3. The Morgan fingerprint density at radius 3 is 2.87 bits per heavy atom. The first kappa shape index (κ1) is 19.9. The minimum atomic E-state index is -0.101. The average molecular weight is 406 g/mol. The van der Waals surface area contributed by atoms with Crippen molar-refractivity contribution in [1.82, 2.24) is 15.0 Å². The van der Waals surface area contributed by atoms with Crippen LogP contribution in [0.1, 0.15) is 35.8 Å². The molecule has 0 spiro atoms. The number of nitrogens with one attached hydrogen (secondary N) is 1. The molecule has 1 unspecified atom stereocenters. The van der Waals surface area contributed by atoms with Gasteiger partial charge >= 0.3 is 6.03 Å². The van der Waals surface area contributed by atoms with Gasteiger partial charge in [0.2, 0.25) is 11.7 Å². The number of methoxy groups -OCH3 is 1. The Bertz CT molecular complexity index is 1050. The van der Waals surface area contributed by atoms with Crippen LogP contribution in [0, 0.1) is 13.8 Å². The number of urea groups is 1. The van der Waals surface area contributed by atoms with Crippen molar-refractivity contribution >= 4 is 11.7 Å². The molecule has 7 nitrogen and oxygen atoms in total. The third kappa shape index (κ3) is 4.30. The monoisotopic (exact) mass is 406 g/mol. The van der Waals surface area contributed by atoms with Gasteiger partial charge in [-0.3, -0.25) is 0 Å². The molecule has 30 heavy (non-hydrogen) atoms. The number of benzene rings is 2. The molecule has 1 atom stereocenters. The van der Waals surface area contributed by atoms with Crippen LogP contribution in [0.5, 0.6) is 5.75 Å². The molecule has 1 aliphatic heterocycles. The van der Waals surface area contributed by atoms with E-state index in [2.05, 4.69) is 22.4 Å². The van der Waals surface area contributed by atoms with Crippen LogP contribution in [-0.2, 0) is 0 Å². The largest absolute Gasteiger partial charge is 0.497 e. The van der Waals surface area contributed by atoms with Crippen LogP contribution >= 0.6 is 0 Å². The topological polar surface area (TPSA) is 80.5 Å². The van der Waals surface area contributed by atoms with Gasteiger partial charge in [0.1, 0.15) is 5.75 Å². The maximum atomic E-state index is 12.8. The van der Waals surface area contributed by atoms with Crippen molar-refractivity contribution in [2.45, 2.75) is 32.6 Å². The lowest BCUT2D eigenvalue weighted by molar-refractivity contribution is 0.184. The Kier molecular flexibility index (Phi) is 5.70. The molecule has 0 saturated carbocycles. The highest BCUT2D eigenvalue weighted by Gasteiger charge is 2.29. The minimum absolute atomic E-state index is 0.0242. The van der Waals surface area contributed by atoms with E-state index in [4.69, 9.17) is 9.26 Å². The fourth-order valence-electron chi connectivity index (χ4n) is 3.67. The molecule has 2 amide bonds. The lowest BCUT2D eigenvalue weighted by Crippen LogP contribution is -2.41. The quantitative estimate of drug-likeness (QED) is 0.675. The van der Waals surface area contributed by atoms with E-state index in [1.165, 1.54) is 5.56 Å². The highest BCUT2D eigenvalue weighted by molar-refractivity contribution is 5.89. The number of hydrogen-bond donors (Lipinski definition) is 1. The second-order valence-electron chi connectivity index (χ2n) is 7.70. The zero-order valence-corrected chi connectivity index (χ0v) is 17.5. The summed E-state index contributed by atoms with van der Waals surface area (Å²) < 4.78 is 10.8. The third-order valence-corrected chi connectivity index (χ3v) is 5.59. The molecule has 2 heterocycles. The van der Waals surface area contributed by atoms with E-state index >= 15 is 0 Å². The second-order valence-corrected chi connectivity index (χ2v) is 7.70. The zero-order chi connectivity index (χ0) is 21.1. The first-order valence-corrected chi connectivity index (χ1v) is 10.1. The Morgan fingerprint density at radius 1 is 1.20 bits per heavy atom. The normalized spacial score (nSPS) is 16.4. The summed E-state index contributed by atoms with van der Waals surface area (Å²) in [5.74, 6) is 1.86. The molecule has 1 saturated heterocycles. The predicted octanol–water partition coefficient (Wildman–Crippen LogP) is 4.77. The summed E-state index contributed by atoms with van der Waals surface area (Å²) in [6.45, 7) is 5.36. The number of carbonyl (C=O) groups is 1. The van der Waals surface area contributed by atoms with Gasteiger partial charge in [0.25, 0.3) is 0 Å². The van der Waals surface area contributed by atoms with Crippen LogP contribution < -0.4 is 10.1 Å². The molecule has 1 N–H and O–H groups in total. The van der Waals surface area contributed by atoms with Gasteiger partial charge in [-0.1, -0.05) is 23.4 Å². The number of likely N-dealkylation sites (tertiary alicyclic amines) is 1. The van der Waals surface area contributed by atoms with Crippen molar-refractivity contribution < 1.29 is 14.1 Å². The molecular weight excluding hydrogens is 380 g/mol. The molecule has 1 fully saturated rings. The molecule has 156 valence electrons. The van der Waals surface area contributed by atoms with E-state index in [1.807, 2.05) is 54.3 Å². The van der Waals surface area contributed by atoms with Crippen molar-refractivity contribution in [2.75, 3.05) is 25.5 Å². The van der Waals surface area contributed by atoms with Gasteiger partial charge in [0.05, 0.1) is 13.0 Å². The summed E-state index contributed by atoms with van der Waals surface area (Å²) in [7, 11) is 1.63. The summed E-state index contributed by atoms with van der Waals surface area (Å²) in [5, 5.41) is 7.13. The van der Waals surface area contributed by atoms with E-state index in [0.29, 0.717) is 24.8 Å². The van der Waals surface area contributed by atoms with E-state index in [0.717, 1.165) is 35.4 Å². The number of aryl methyl sites for hydroxylation is 2. The molecule has 1 aliphatic rings. The van der Waals surface area contributed by atoms with Gasteiger partial charge < -0.3 is 19.5 Å². The second kappa shape index (κ2) is 8.57. The molecule has 0 radical (unpaired) electrons. The van der Waals surface area contributed by atoms with Gasteiger partial charge in [0.15, 0.2) is 0 Å². The first-order chi connectivity index (χ1) is 14.5. The summed E-state index contributed by atoms with van der Waals surface area (Å²) in [4.78, 5) is 19.2. The average Bonchev–Trinajstić information content (AvgIpc) is 3.27. The van der Waals surface area contributed by atoms with Crippen molar-refractivity contribution in [3.05, 3.63) is 59.5 Å². The summed E-state index contributed by atoms with van der Waals surface area (Å²) in [5.41, 5.74) is 4.00. The molecule has 4 rings (SSSR count). The molecule has 0 bridgehead atoms. The van der Waals surface area contributed by atoms with E-state index in [1.54, 1.807) is 7.11 Å².